The number of carbonyl (C=O) groups excluding carboxylic acids is 1. The zero-order valence-corrected chi connectivity index (χ0v) is 8.79. The molecule has 2 heterocycles. The van der Waals surface area contributed by atoms with E-state index in [1.54, 1.807) is 0 Å². The summed E-state index contributed by atoms with van der Waals surface area (Å²) in [4.78, 5) is 11.6. The molecule has 0 atom stereocenters. The molecule has 0 saturated carbocycles. The number of amides is 1. The standard InChI is InChI=1S/C8H7F5N4O/c9-7(10,8(11,12)13)6(18)16-1-2-17-4-14-15-5(17)3-16/h4H,1-3H2. The summed E-state index contributed by atoms with van der Waals surface area (Å²) in [6.45, 7) is -0.567. The molecule has 100 valence electrons. The molecule has 1 amide bonds. The lowest BCUT2D eigenvalue weighted by molar-refractivity contribution is -0.275. The lowest BCUT2D eigenvalue weighted by Gasteiger charge is -2.30. The lowest BCUT2D eigenvalue weighted by Crippen LogP contribution is -2.53. The summed E-state index contributed by atoms with van der Waals surface area (Å²) in [6.07, 6.45) is -4.58. The van der Waals surface area contributed by atoms with Gasteiger partial charge in [-0.25, -0.2) is 0 Å². The fraction of sp³-hybridized carbons (Fsp3) is 0.625. The number of carbonyl (C=O) groups is 1. The summed E-state index contributed by atoms with van der Waals surface area (Å²) in [5.41, 5.74) is 0. The molecule has 1 aromatic heterocycles. The van der Waals surface area contributed by atoms with Gasteiger partial charge in [0.25, 0.3) is 0 Å². The van der Waals surface area contributed by atoms with Crippen LogP contribution in [0, 0.1) is 0 Å². The average molecular weight is 270 g/mol. The molecule has 1 aliphatic rings. The molecule has 2 rings (SSSR count). The van der Waals surface area contributed by atoms with Crippen LogP contribution in [0.15, 0.2) is 6.33 Å². The summed E-state index contributed by atoms with van der Waals surface area (Å²) in [5, 5.41) is 7.00. The van der Waals surface area contributed by atoms with Crippen LogP contribution < -0.4 is 0 Å². The molecule has 1 aliphatic heterocycles. The first-order chi connectivity index (χ1) is 8.23. The molecule has 0 unspecified atom stereocenters. The molecule has 0 fully saturated rings. The highest BCUT2D eigenvalue weighted by Gasteiger charge is 2.64. The van der Waals surface area contributed by atoms with Crippen LogP contribution in [0.25, 0.3) is 0 Å². The predicted octanol–water partition coefficient (Wildman–Crippen LogP) is 0.818. The Hall–Kier alpha value is -1.74. The van der Waals surface area contributed by atoms with Crippen molar-refractivity contribution in [3.05, 3.63) is 12.2 Å². The number of halogens is 5. The molecule has 0 aliphatic carbocycles. The fourth-order valence-corrected chi connectivity index (χ4v) is 1.56. The van der Waals surface area contributed by atoms with Gasteiger partial charge >= 0.3 is 18.0 Å². The summed E-state index contributed by atoms with van der Waals surface area (Å²) >= 11 is 0. The van der Waals surface area contributed by atoms with Gasteiger partial charge in [0.15, 0.2) is 5.82 Å². The molecule has 10 heteroatoms. The highest BCUT2D eigenvalue weighted by atomic mass is 19.4. The lowest BCUT2D eigenvalue weighted by atomic mass is 10.2. The first-order valence-corrected chi connectivity index (χ1v) is 4.84. The Labute approximate surface area is 97.2 Å². The van der Waals surface area contributed by atoms with Crippen LogP contribution >= 0.6 is 0 Å². The predicted molar refractivity (Wildman–Crippen MR) is 46.4 cm³/mol. The van der Waals surface area contributed by atoms with E-state index in [2.05, 4.69) is 10.2 Å². The summed E-state index contributed by atoms with van der Waals surface area (Å²) in [7, 11) is 0. The molecule has 0 saturated heterocycles. The van der Waals surface area contributed by atoms with Crippen molar-refractivity contribution in [1.82, 2.24) is 19.7 Å². The summed E-state index contributed by atoms with van der Waals surface area (Å²) in [6, 6.07) is 0. The van der Waals surface area contributed by atoms with Crippen molar-refractivity contribution in [2.75, 3.05) is 6.54 Å². The maximum atomic E-state index is 12.9. The van der Waals surface area contributed by atoms with E-state index in [1.807, 2.05) is 0 Å². The summed E-state index contributed by atoms with van der Waals surface area (Å²) < 4.78 is 63.3. The number of nitrogens with zero attached hydrogens (tertiary/aromatic N) is 4. The van der Waals surface area contributed by atoms with Crippen LogP contribution in [0.5, 0.6) is 0 Å². The van der Waals surface area contributed by atoms with Gasteiger partial charge in [0.2, 0.25) is 0 Å². The first kappa shape index (κ1) is 12.7. The highest BCUT2D eigenvalue weighted by molar-refractivity contribution is 5.84. The van der Waals surface area contributed by atoms with E-state index in [0.29, 0.717) is 4.90 Å². The van der Waals surface area contributed by atoms with Gasteiger partial charge in [0.05, 0.1) is 6.54 Å². The van der Waals surface area contributed by atoms with Crippen LogP contribution in [-0.2, 0) is 17.9 Å². The number of hydrogen-bond donors (Lipinski definition) is 0. The van der Waals surface area contributed by atoms with E-state index in [4.69, 9.17) is 0 Å². The minimum atomic E-state index is -5.89. The quantitative estimate of drug-likeness (QED) is 0.710. The topological polar surface area (TPSA) is 51.0 Å². The molecular formula is C8H7F5N4O. The van der Waals surface area contributed by atoms with Crippen molar-refractivity contribution < 1.29 is 26.7 Å². The minimum Gasteiger partial charge on any atom is -0.328 e. The van der Waals surface area contributed by atoms with E-state index in [1.165, 1.54) is 10.9 Å². The molecule has 0 N–H and O–H groups in total. The Morgan fingerprint density at radius 1 is 1.22 bits per heavy atom. The van der Waals surface area contributed by atoms with Crippen molar-refractivity contribution >= 4 is 5.91 Å². The second-order valence-electron chi connectivity index (χ2n) is 3.74. The maximum absolute atomic E-state index is 12.9. The number of fused-ring (bicyclic) bond motifs is 1. The van der Waals surface area contributed by atoms with Crippen LogP contribution in [0.4, 0.5) is 22.0 Å². The van der Waals surface area contributed by atoms with Crippen molar-refractivity contribution in [1.29, 1.82) is 0 Å². The number of aromatic nitrogens is 3. The van der Waals surface area contributed by atoms with E-state index < -0.39 is 24.6 Å². The third-order valence-electron chi connectivity index (χ3n) is 2.55. The SMILES string of the molecule is O=C(N1CCn2cnnc2C1)C(F)(F)C(F)(F)F. The number of hydrogen-bond acceptors (Lipinski definition) is 3. The second-order valence-corrected chi connectivity index (χ2v) is 3.74. The van der Waals surface area contributed by atoms with Crippen molar-refractivity contribution in [3.8, 4) is 0 Å². The minimum absolute atomic E-state index is 0.0853. The molecule has 5 nitrogen and oxygen atoms in total. The maximum Gasteiger partial charge on any atom is 0.463 e. The van der Waals surface area contributed by atoms with Gasteiger partial charge < -0.3 is 9.47 Å². The van der Waals surface area contributed by atoms with Gasteiger partial charge in [0.1, 0.15) is 6.33 Å². The highest BCUT2D eigenvalue weighted by Crippen LogP contribution is 2.37. The number of alkyl halides is 5. The molecular weight excluding hydrogens is 263 g/mol. The Balaban J connectivity index is 2.17. The monoisotopic (exact) mass is 270 g/mol. The first-order valence-electron chi connectivity index (χ1n) is 4.84. The molecule has 0 radical (unpaired) electrons. The molecule has 1 aromatic rings. The number of rotatable bonds is 1. The van der Waals surface area contributed by atoms with Gasteiger partial charge in [-0.2, -0.15) is 22.0 Å². The summed E-state index contributed by atoms with van der Waals surface area (Å²) in [5.74, 6) is -7.47. The third kappa shape index (κ3) is 1.91. The van der Waals surface area contributed by atoms with Crippen LogP contribution in [0.3, 0.4) is 0 Å². The molecule has 0 bridgehead atoms. The van der Waals surface area contributed by atoms with Crippen molar-refractivity contribution in [2.45, 2.75) is 25.2 Å². The van der Waals surface area contributed by atoms with E-state index in [0.717, 1.165) is 0 Å². The van der Waals surface area contributed by atoms with Crippen LogP contribution in [-0.4, -0.2) is 44.2 Å². The van der Waals surface area contributed by atoms with E-state index in [-0.39, 0.29) is 18.9 Å². The second kappa shape index (κ2) is 3.89. The Morgan fingerprint density at radius 2 is 1.89 bits per heavy atom. The Kier molecular flexibility index (Phi) is 2.74. The van der Waals surface area contributed by atoms with E-state index >= 15 is 0 Å². The Morgan fingerprint density at radius 3 is 2.50 bits per heavy atom. The zero-order chi connectivity index (χ0) is 13.6. The smallest absolute Gasteiger partial charge is 0.328 e. The average Bonchev–Trinajstić information content (AvgIpc) is 2.73. The largest absolute Gasteiger partial charge is 0.463 e. The van der Waals surface area contributed by atoms with Crippen molar-refractivity contribution in [2.24, 2.45) is 0 Å². The molecule has 0 aromatic carbocycles. The Bertz CT molecular complexity index is 468. The molecule has 18 heavy (non-hydrogen) atoms. The third-order valence-corrected chi connectivity index (χ3v) is 2.55. The van der Waals surface area contributed by atoms with Crippen molar-refractivity contribution in [3.63, 3.8) is 0 Å². The molecule has 0 spiro atoms. The van der Waals surface area contributed by atoms with Crippen LogP contribution in [0.2, 0.25) is 0 Å². The van der Waals surface area contributed by atoms with Gasteiger partial charge in [-0.05, 0) is 0 Å². The van der Waals surface area contributed by atoms with Gasteiger partial charge in [0, 0.05) is 13.1 Å². The van der Waals surface area contributed by atoms with Gasteiger partial charge in [-0.1, -0.05) is 0 Å². The fourth-order valence-electron chi connectivity index (χ4n) is 1.56. The zero-order valence-electron chi connectivity index (χ0n) is 8.79. The normalized spacial score (nSPS) is 16.6. The van der Waals surface area contributed by atoms with E-state index in [9.17, 15) is 26.7 Å². The van der Waals surface area contributed by atoms with Crippen LogP contribution in [0.1, 0.15) is 5.82 Å². The van der Waals surface area contributed by atoms with Gasteiger partial charge in [-0.3, -0.25) is 4.79 Å². The van der Waals surface area contributed by atoms with Gasteiger partial charge in [-0.15, -0.1) is 10.2 Å².